The molecule has 1 saturated heterocycles. The third kappa shape index (κ3) is 3.57. The van der Waals surface area contributed by atoms with E-state index in [1.54, 1.807) is 12.1 Å². The molecule has 0 bridgehead atoms. The molecule has 1 aromatic carbocycles. The number of carbonyl (C=O) groups is 1. The highest BCUT2D eigenvalue weighted by molar-refractivity contribution is 6.42. The van der Waals surface area contributed by atoms with Gasteiger partial charge in [0.2, 0.25) is 5.91 Å². The number of pyridine rings is 1. The zero-order valence-corrected chi connectivity index (χ0v) is 15.7. The van der Waals surface area contributed by atoms with E-state index in [1.807, 2.05) is 29.3 Å². The third-order valence-corrected chi connectivity index (χ3v) is 5.78. The third-order valence-electron chi connectivity index (χ3n) is 5.04. The normalized spacial score (nSPS) is 15.5. The maximum absolute atomic E-state index is 12.6. The molecule has 1 N–H and O–H groups in total. The van der Waals surface area contributed by atoms with Gasteiger partial charge in [-0.15, -0.1) is 0 Å². The minimum Gasteiger partial charge on any atom is -0.357 e. The van der Waals surface area contributed by atoms with Crippen molar-refractivity contribution >= 4 is 40.1 Å². The number of amides is 1. The van der Waals surface area contributed by atoms with E-state index in [9.17, 15) is 4.79 Å². The molecule has 1 fully saturated rings. The average Bonchev–Trinajstić information content (AvgIpc) is 3.09. The first kappa shape index (κ1) is 17.4. The topological polar surface area (TPSA) is 49.0 Å². The minimum absolute atomic E-state index is 0.139. The summed E-state index contributed by atoms with van der Waals surface area (Å²) in [5.74, 6) is 0.582. The van der Waals surface area contributed by atoms with Gasteiger partial charge < -0.3 is 9.88 Å². The van der Waals surface area contributed by atoms with Gasteiger partial charge in [0.15, 0.2) is 0 Å². The number of fused-ring (bicyclic) bond motifs is 1. The van der Waals surface area contributed by atoms with E-state index in [1.165, 1.54) is 5.69 Å². The van der Waals surface area contributed by atoms with Crippen LogP contribution in [0.15, 0.2) is 42.6 Å². The lowest BCUT2D eigenvalue weighted by Crippen LogP contribution is -2.38. The molecular weight excluding hydrogens is 369 g/mol. The Balaban J connectivity index is 1.38. The molecule has 4 rings (SSSR count). The molecule has 1 amide bonds. The predicted octanol–water partition coefficient (Wildman–Crippen LogP) is 4.82. The highest BCUT2D eigenvalue weighted by Crippen LogP contribution is 2.30. The number of likely N-dealkylation sites (tertiary alicyclic amines) is 1. The predicted molar refractivity (Wildman–Crippen MR) is 105 cm³/mol. The summed E-state index contributed by atoms with van der Waals surface area (Å²) in [5.41, 5.74) is 4.18. The maximum Gasteiger partial charge on any atom is 0.226 e. The van der Waals surface area contributed by atoms with Crippen molar-refractivity contribution in [1.29, 1.82) is 0 Å². The monoisotopic (exact) mass is 387 g/mol. The number of hydrogen-bond donors (Lipinski definition) is 1. The second kappa shape index (κ2) is 7.29. The number of aromatic nitrogens is 2. The van der Waals surface area contributed by atoms with Crippen LogP contribution in [-0.4, -0.2) is 33.9 Å². The first-order valence-corrected chi connectivity index (χ1v) is 9.51. The van der Waals surface area contributed by atoms with Crippen LogP contribution in [0.25, 0.3) is 11.0 Å². The smallest absolute Gasteiger partial charge is 0.226 e. The van der Waals surface area contributed by atoms with E-state index in [0.717, 1.165) is 42.5 Å². The van der Waals surface area contributed by atoms with Crippen LogP contribution < -0.4 is 0 Å². The van der Waals surface area contributed by atoms with Crippen molar-refractivity contribution in [2.75, 3.05) is 13.1 Å². The van der Waals surface area contributed by atoms with Crippen LogP contribution in [-0.2, 0) is 11.2 Å². The van der Waals surface area contributed by atoms with Gasteiger partial charge in [-0.1, -0.05) is 29.3 Å². The van der Waals surface area contributed by atoms with Crippen LogP contribution in [0.2, 0.25) is 10.0 Å². The van der Waals surface area contributed by atoms with Gasteiger partial charge in [0, 0.05) is 30.9 Å². The van der Waals surface area contributed by atoms with E-state index in [-0.39, 0.29) is 5.91 Å². The lowest BCUT2D eigenvalue weighted by molar-refractivity contribution is -0.131. The molecule has 0 saturated carbocycles. The fourth-order valence-electron chi connectivity index (χ4n) is 3.57. The van der Waals surface area contributed by atoms with E-state index >= 15 is 0 Å². The van der Waals surface area contributed by atoms with Crippen molar-refractivity contribution in [2.45, 2.75) is 25.2 Å². The molecule has 3 aromatic rings. The number of rotatable bonds is 3. The summed E-state index contributed by atoms with van der Waals surface area (Å²) in [6, 6.07) is 11.5. The van der Waals surface area contributed by atoms with Crippen molar-refractivity contribution in [3.63, 3.8) is 0 Å². The summed E-state index contributed by atoms with van der Waals surface area (Å²) >= 11 is 12.0. The lowest BCUT2D eigenvalue weighted by atomic mass is 9.93. The number of hydrogen-bond acceptors (Lipinski definition) is 2. The Kier molecular flexibility index (Phi) is 4.88. The van der Waals surface area contributed by atoms with Crippen LogP contribution in [0.1, 0.15) is 30.0 Å². The van der Waals surface area contributed by atoms with Gasteiger partial charge in [0.25, 0.3) is 0 Å². The van der Waals surface area contributed by atoms with Crippen molar-refractivity contribution in [2.24, 2.45) is 0 Å². The quantitative estimate of drug-likeness (QED) is 0.700. The molecule has 0 atom stereocenters. The van der Waals surface area contributed by atoms with E-state index in [2.05, 4.69) is 16.0 Å². The van der Waals surface area contributed by atoms with Crippen molar-refractivity contribution in [3.05, 3.63) is 63.9 Å². The van der Waals surface area contributed by atoms with E-state index in [4.69, 9.17) is 23.2 Å². The second-order valence-corrected chi connectivity index (χ2v) is 7.56. The number of aromatic amines is 1. The summed E-state index contributed by atoms with van der Waals surface area (Å²) < 4.78 is 0. The molecule has 1 aliphatic rings. The Labute approximate surface area is 162 Å². The standard InChI is InChI=1S/C20H19Cl2N3O/c21-15-4-3-13(10-16(15)22)11-20(26)25-8-5-14(6-9-25)18-12-19-17(24-18)2-1-7-23-19/h1-4,7,10,12,14,24H,5-6,8-9,11H2. The largest absolute Gasteiger partial charge is 0.357 e. The van der Waals surface area contributed by atoms with E-state index in [0.29, 0.717) is 22.4 Å². The Hall–Kier alpha value is -2.04. The number of benzene rings is 1. The first-order valence-electron chi connectivity index (χ1n) is 8.75. The molecule has 26 heavy (non-hydrogen) atoms. The Morgan fingerprint density at radius 1 is 1.15 bits per heavy atom. The van der Waals surface area contributed by atoms with Gasteiger partial charge in [-0.05, 0) is 48.7 Å². The summed E-state index contributed by atoms with van der Waals surface area (Å²) in [6.07, 6.45) is 4.09. The molecule has 0 unspecified atom stereocenters. The molecule has 3 heterocycles. The SMILES string of the molecule is O=C(Cc1ccc(Cl)c(Cl)c1)N1CCC(c2cc3ncccc3[nH]2)CC1. The van der Waals surface area contributed by atoms with Crippen molar-refractivity contribution < 1.29 is 4.79 Å². The second-order valence-electron chi connectivity index (χ2n) is 6.74. The number of H-pyrrole nitrogens is 1. The highest BCUT2D eigenvalue weighted by atomic mass is 35.5. The summed E-state index contributed by atoms with van der Waals surface area (Å²) in [6.45, 7) is 1.54. The molecule has 4 nitrogen and oxygen atoms in total. The number of nitrogens with zero attached hydrogens (tertiary/aromatic N) is 2. The van der Waals surface area contributed by atoms with Gasteiger partial charge in [-0.2, -0.15) is 0 Å². The fraction of sp³-hybridized carbons (Fsp3) is 0.300. The zero-order valence-electron chi connectivity index (χ0n) is 14.2. The van der Waals surface area contributed by atoms with Crippen molar-refractivity contribution in [1.82, 2.24) is 14.9 Å². The number of nitrogens with one attached hydrogen (secondary N) is 1. The summed E-state index contributed by atoms with van der Waals surface area (Å²) in [4.78, 5) is 22.4. The van der Waals surface area contributed by atoms with Gasteiger partial charge in [0.1, 0.15) is 0 Å². The maximum atomic E-state index is 12.6. The zero-order chi connectivity index (χ0) is 18.1. The first-order chi connectivity index (χ1) is 12.6. The summed E-state index contributed by atoms with van der Waals surface area (Å²) in [7, 11) is 0. The summed E-state index contributed by atoms with van der Waals surface area (Å²) in [5, 5.41) is 1.000. The molecule has 134 valence electrons. The molecule has 0 spiro atoms. The minimum atomic E-state index is 0.139. The van der Waals surface area contributed by atoms with Gasteiger partial charge >= 0.3 is 0 Å². The Morgan fingerprint density at radius 2 is 1.96 bits per heavy atom. The van der Waals surface area contributed by atoms with Crippen molar-refractivity contribution in [3.8, 4) is 0 Å². The van der Waals surface area contributed by atoms with Crippen LogP contribution in [0.4, 0.5) is 0 Å². The van der Waals surface area contributed by atoms with Gasteiger partial charge in [-0.3, -0.25) is 9.78 Å². The molecule has 1 aliphatic heterocycles. The van der Waals surface area contributed by atoms with Gasteiger partial charge in [0.05, 0.1) is 27.5 Å². The Bertz CT molecular complexity index is 912. The number of halogens is 2. The lowest BCUT2D eigenvalue weighted by Gasteiger charge is -2.31. The molecule has 0 radical (unpaired) electrons. The molecule has 6 heteroatoms. The molecule has 0 aliphatic carbocycles. The Morgan fingerprint density at radius 3 is 2.69 bits per heavy atom. The molecular formula is C20H19Cl2N3O. The van der Waals surface area contributed by atoms with Crippen LogP contribution >= 0.6 is 23.2 Å². The van der Waals surface area contributed by atoms with Crippen LogP contribution in [0.5, 0.6) is 0 Å². The van der Waals surface area contributed by atoms with E-state index < -0.39 is 0 Å². The number of carbonyl (C=O) groups excluding carboxylic acids is 1. The number of piperidine rings is 1. The highest BCUT2D eigenvalue weighted by Gasteiger charge is 2.25. The van der Waals surface area contributed by atoms with Gasteiger partial charge in [-0.25, -0.2) is 0 Å². The van der Waals surface area contributed by atoms with Crippen LogP contribution in [0, 0.1) is 0 Å². The van der Waals surface area contributed by atoms with Crippen LogP contribution in [0.3, 0.4) is 0 Å². The molecule has 2 aromatic heterocycles. The average molecular weight is 388 g/mol. The fourth-order valence-corrected chi connectivity index (χ4v) is 3.89.